The van der Waals surface area contributed by atoms with Gasteiger partial charge in [0.15, 0.2) is 0 Å². The highest BCUT2D eigenvalue weighted by molar-refractivity contribution is 14.1. The van der Waals surface area contributed by atoms with Gasteiger partial charge in [0.1, 0.15) is 0 Å². The number of halogens is 1. The quantitative estimate of drug-likeness (QED) is 0.398. The highest BCUT2D eigenvalue weighted by Gasteiger charge is 1.93. The van der Waals surface area contributed by atoms with Crippen LogP contribution >= 0.6 is 22.6 Å². The number of rotatable bonds is 9. The molecule has 0 spiro atoms. The van der Waals surface area contributed by atoms with Gasteiger partial charge in [-0.2, -0.15) is 0 Å². The molecule has 0 bridgehead atoms. The third kappa shape index (κ3) is 10.6. The fourth-order valence-electron chi connectivity index (χ4n) is 1.16. The Kier molecular flexibility index (Phi) is 11.3. The van der Waals surface area contributed by atoms with Gasteiger partial charge < -0.3 is 10.2 Å². The van der Waals surface area contributed by atoms with Gasteiger partial charge in [0.2, 0.25) is 0 Å². The molecule has 2 nitrogen and oxygen atoms in total. The molecule has 0 saturated heterocycles. The van der Waals surface area contributed by atoms with E-state index < -0.39 is 0 Å². The maximum Gasteiger partial charge on any atom is 0.0121 e. The van der Waals surface area contributed by atoms with Crippen molar-refractivity contribution in [2.45, 2.75) is 26.2 Å². The topological polar surface area (TPSA) is 15.3 Å². The Morgan fingerprint density at radius 3 is 2.54 bits per heavy atom. The summed E-state index contributed by atoms with van der Waals surface area (Å²) in [4.78, 5) is 2.37. The number of alkyl halides is 1. The molecule has 0 rings (SSSR count). The number of nitrogens with one attached hydrogen (secondary N) is 1. The van der Waals surface area contributed by atoms with Gasteiger partial charge in [-0.05, 0) is 39.5 Å². The maximum absolute atomic E-state index is 3.42. The Labute approximate surface area is 96.6 Å². The van der Waals surface area contributed by atoms with Crippen molar-refractivity contribution >= 4 is 22.6 Å². The maximum atomic E-state index is 3.42. The lowest BCUT2D eigenvalue weighted by molar-refractivity contribution is 0.341. The zero-order valence-electron chi connectivity index (χ0n) is 8.98. The molecule has 3 heteroatoms. The molecule has 0 aliphatic heterocycles. The molecule has 0 aromatic carbocycles. The van der Waals surface area contributed by atoms with E-state index in [9.17, 15) is 0 Å². The second-order valence-electron chi connectivity index (χ2n) is 3.40. The van der Waals surface area contributed by atoms with Crippen LogP contribution in [0.15, 0.2) is 0 Å². The lowest BCUT2D eigenvalue weighted by Crippen LogP contribution is -2.20. The standard InChI is InChI=1S/C10H23IN2/c1-3-13(2)10-6-4-5-8-12-9-7-11/h12H,3-10H2,1-2H3. The molecule has 0 aliphatic rings. The lowest BCUT2D eigenvalue weighted by atomic mass is 10.2. The van der Waals surface area contributed by atoms with E-state index in [1.54, 1.807) is 0 Å². The largest absolute Gasteiger partial charge is 0.316 e. The van der Waals surface area contributed by atoms with Gasteiger partial charge in [-0.25, -0.2) is 0 Å². The van der Waals surface area contributed by atoms with E-state index in [0.29, 0.717) is 0 Å². The minimum atomic E-state index is 1.16. The molecular weight excluding hydrogens is 275 g/mol. The number of unbranched alkanes of at least 4 members (excludes halogenated alkanes) is 2. The van der Waals surface area contributed by atoms with Gasteiger partial charge in [-0.1, -0.05) is 35.9 Å². The van der Waals surface area contributed by atoms with Crippen LogP contribution in [0.5, 0.6) is 0 Å². The van der Waals surface area contributed by atoms with Gasteiger partial charge in [-0.3, -0.25) is 0 Å². The number of hydrogen-bond donors (Lipinski definition) is 1. The van der Waals surface area contributed by atoms with E-state index in [4.69, 9.17) is 0 Å². The molecule has 0 fully saturated rings. The average Bonchev–Trinajstić information content (AvgIpc) is 2.16. The van der Waals surface area contributed by atoms with Crippen LogP contribution in [0.25, 0.3) is 0 Å². The molecule has 0 atom stereocenters. The Balaban J connectivity index is 2.91. The third-order valence-electron chi connectivity index (χ3n) is 2.20. The van der Waals surface area contributed by atoms with E-state index in [-0.39, 0.29) is 0 Å². The summed E-state index contributed by atoms with van der Waals surface area (Å²) in [5, 5.41) is 3.42. The minimum absolute atomic E-state index is 1.16. The zero-order valence-corrected chi connectivity index (χ0v) is 11.1. The first-order valence-corrected chi connectivity index (χ1v) is 6.79. The zero-order chi connectivity index (χ0) is 9.94. The van der Waals surface area contributed by atoms with E-state index in [1.807, 2.05) is 0 Å². The van der Waals surface area contributed by atoms with Gasteiger partial charge >= 0.3 is 0 Å². The Bertz CT molecular complexity index is 98.9. The molecule has 0 saturated carbocycles. The summed E-state index contributed by atoms with van der Waals surface area (Å²) < 4.78 is 1.22. The third-order valence-corrected chi connectivity index (χ3v) is 2.74. The predicted octanol–water partition coefficient (Wildman–Crippen LogP) is 2.13. The molecule has 80 valence electrons. The fraction of sp³-hybridized carbons (Fsp3) is 1.00. The molecule has 0 amide bonds. The Hall–Kier alpha value is 0.650. The Morgan fingerprint density at radius 2 is 1.92 bits per heavy atom. The van der Waals surface area contributed by atoms with Gasteiger partial charge in [-0.15, -0.1) is 0 Å². The highest BCUT2D eigenvalue weighted by Crippen LogP contribution is 1.96. The lowest BCUT2D eigenvalue weighted by Gasteiger charge is -2.12. The van der Waals surface area contributed by atoms with E-state index in [2.05, 4.69) is 46.8 Å². The fourth-order valence-corrected chi connectivity index (χ4v) is 1.54. The van der Waals surface area contributed by atoms with E-state index in [0.717, 1.165) is 6.54 Å². The summed E-state index contributed by atoms with van der Waals surface area (Å²) in [7, 11) is 2.19. The molecule has 13 heavy (non-hydrogen) atoms. The van der Waals surface area contributed by atoms with Crippen LogP contribution in [0, 0.1) is 0 Å². The van der Waals surface area contributed by atoms with Crippen molar-refractivity contribution in [3.63, 3.8) is 0 Å². The summed E-state index contributed by atoms with van der Waals surface area (Å²) in [5.74, 6) is 0. The van der Waals surface area contributed by atoms with Crippen molar-refractivity contribution in [3.05, 3.63) is 0 Å². The average molecular weight is 298 g/mol. The first kappa shape index (κ1) is 13.7. The molecule has 1 N–H and O–H groups in total. The molecule has 0 unspecified atom stereocenters. The van der Waals surface area contributed by atoms with Crippen molar-refractivity contribution in [2.75, 3.05) is 37.7 Å². The van der Waals surface area contributed by atoms with Crippen LogP contribution in [-0.4, -0.2) is 42.6 Å². The van der Waals surface area contributed by atoms with Crippen LogP contribution in [0.1, 0.15) is 26.2 Å². The first-order valence-electron chi connectivity index (χ1n) is 5.26. The summed E-state index contributed by atoms with van der Waals surface area (Å²) in [6.07, 6.45) is 4.03. The highest BCUT2D eigenvalue weighted by atomic mass is 127. The SMILES string of the molecule is CCN(C)CCCCCNCCI. The smallest absolute Gasteiger partial charge is 0.0121 e. The summed E-state index contributed by atoms with van der Waals surface area (Å²) in [6, 6.07) is 0. The summed E-state index contributed by atoms with van der Waals surface area (Å²) in [6.45, 7) is 6.99. The van der Waals surface area contributed by atoms with Crippen LogP contribution in [-0.2, 0) is 0 Å². The number of hydrogen-bond acceptors (Lipinski definition) is 2. The first-order chi connectivity index (χ1) is 6.31. The molecule has 0 radical (unpaired) electrons. The van der Waals surface area contributed by atoms with Gasteiger partial charge in [0, 0.05) is 11.0 Å². The second kappa shape index (κ2) is 10.7. The van der Waals surface area contributed by atoms with Crippen LogP contribution in [0.2, 0.25) is 0 Å². The second-order valence-corrected chi connectivity index (χ2v) is 4.47. The van der Waals surface area contributed by atoms with E-state index >= 15 is 0 Å². The van der Waals surface area contributed by atoms with Crippen LogP contribution < -0.4 is 5.32 Å². The summed E-state index contributed by atoms with van der Waals surface area (Å²) in [5.41, 5.74) is 0. The molecule has 0 aliphatic carbocycles. The van der Waals surface area contributed by atoms with E-state index in [1.165, 1.54) is 43.3 Å². The molecule has 0 aromatic heterocycles. The van der Waals surface area contributed by atoms with Gasteiger partial charge in [0.05, 0.1) is 0 Å². The number of nitrogens with zero attached hydrogens (tertiary/aromatic N) is 1. The normalized spacial score (nSPS) is 11.1. The van der Waals surface area contributed by atoms with Crippen molar-refractivity contribution < 1.29 is 0 Å². The molecular formula is C10H23IN2. The van der Waals surface area contributed by atoms with Crippen molar-refractivity contribution in [3.8, 4) is 0 Å². The van der Waals surface area contributed by atoms with Crippen LogP contribution in [0.4, 0.5) is 0 Å². The van der Waals surface area contributed by atoms with Crippen LogP contribution in [0.3, 0.4) is 0 Å². The van der Waals surface area contributed by atoms with Crippen molar-refractivity contribution in [2.24, 2.45) is 0 Å². The molecule has 0 heterocycles. The predicted molar refractivity (Wildman–Crippen MR) is 68.8 cm³/mol. The van der Waals surface area contributed by atoms with Crippen molar-refractivity contribution in [1.29, 1.82) is 0 Å². The van der Waals surface area contributed by atoms with Gasteiger partial charge in [0.25, 0.3) is 0 Å². The monoisotopic (exact) mass is 298 g/mol. The summed E-state index contributed by atoms with van der Waals surface area (Å²) >= 11 is 2.40. The Morgan fingerprint density at radius 1 is 1.15 bits per heavy atom. The molecule has 0 aromatic rings. The van der Waals surface area contributed by atoms with Crippen molar-refractivity contribution in [1.82, 2.24) is 10.2 Å². The minimum Gasteiger partial charge on any atom is -0.316 e.